The van der Waals surface area contributed by atoms with E-state index in [2.05, 4.69) is 16.9 Å². The Hall–Kier alpha value is -1.16. The van der Waals surface area contributed by atoms with Crippen molar-refractivity contribution in [1.82, 2.24) is 9.97 Å². The van der Waals surface area contributed by atoms with E-state index in [-0.39, 0.29) is 12.1 Å². The molecule has 0 aliphatic heterocycles. The zero-order chi connectivity index (χ0) is 12.8. The van der Waals surface area contributed by atoms with Gasteiger partial charge in [0.2, 0.25) is 5.88 Å². The Morgan fingerprint density at radius 1 is 1.28 bits per heavy atom. The molecule has 0 radical (unpaired) electrons. The van der Waals surface area contributed by atoms with E-state index in [9.17, 15) is 0 Å². The number of aromatic nitrogens is 2. The van der Waals surface area contributed by atoms with Crippen molar-refractivity contribution in [2.75, 3.05) is 0 Å². The maximum absolute atomic E-state index is 6.16. The Labute approximate surface area is 109 Å². The fraction of sp³-hybridized carbons (Fsp3) is 0.714. The zero-order valence-corrected chi connectivity index (χ0v) is 11.1. The second-order valence-corrected chi connectivity index (χ2v) is 5.06. The van der Waals surface area contributed by atoms with E-state index >= 15 is 0 Å². The molecule has 0 spiro atoms. The average molecular weight is 249 g/mol. The van der Waals surface area contributed by atoms with E-state index in [1.54, 1.807) is 6.33 Å². The molecule has 1 heterocycles. The smallest absolute Gasteiger partial charge is 0.216 e. The summed E-state index contributed by atoms with van der Waals surface area (Å²) in [5.41, 5.74) is 7.20. The minimum Gasteiger partial charge on any atom is -0.473 e. The molecule has 1 saturated carbocycles. The maximum atomic E-state index is 6.16. The van der Waals surface area contributed by atoms with Crippen LogP contribution in [0.3, 0.4) is 0 Å². The van der Waals surface area contributed by atoms with Gasteiger partial charge >= 0.3 is 0 Å². The minimum absolute atomic E-state index is 0.108. The molecule has 2 rings (SSSR count). The lowest BCUT2D eigenvalue weighted by Gasteiger charge is -2.22. The van der Waals surface area contributed by atoms with Crippen LogP contribution in [0.25, 0.3) is 0 Å². The highest BCUT2D eigenvalue weighted by atomic mass is 16.5. The molecule has 1 aromatic rings. The van der Waals surface area contributed by atoms with Gasteiger partial charge in [-0.25, -0.2) is 9.97 Å². The van der Waals surface area contributed by atoms with Crippen molar-refractivity contribution in [2.24, 2.45) is 5.73 Å². The number of ether oxygens (including phenoxy) is 1. The van der Waals surface area contributed by atoms with Crippen molar-refractivity contribution in [1.29, 1.82) is 0 Å². The first-order valence-corrected chi connectivity index (χ1v) is 7.02. The molecule has 4 nitrogen and oxygen atoms in total. The first-order chi connectivity index (χ1) is 8.79. The van der Waals surface area contributed by atoms with Crippen LogP contribution in [-0.2, 0) is 6.42 Å². The summed E-state index contributed by atoms with van der Waals surface area (Å²) in [6, 6.07) is 2.08. The number of hydrogen-bond donors (Lipinski definition) is 1. The van der Waals surface area contributed by atoms with Crippen LogP contribution in [0.15, 0.2) is 12.4 Å². The van der Waals surface area contributed by atoms with E-state index in [1.807, 2.05) is 6.07 Å². The lowest BCUT2D eigenvalue weighted by molar-refractivity contribution is 0.155. The second kappa shape index (κ2) is 6.69. The molecule has 0 amide bonds. The lowest BCUT2D eigenvalue weighted by atomic mass is 10.1. The lowest BCUT2D eigenvalue weighted by Crippen LogP contribution is -2.38. The van der Waals surface area contributed by atoms with Crippen molar-refractivity contribution in [3.05, 3.63) is 18.1 Å². The molecule has 1 aliphatic rings. The molecule has 4 heteroatoms. The molecule has 1 aromatic heterocycles. The summed E-state index contributed by atoms with van der Waals surface area (Å²) in [6.45, 7) is 2.14. The largest absolute Gasteiger partial charge is 0.473 e. The third kappa shape index (κ3) is 3.67. The van der Waals surface area contributed by atoms with E-state index in [4.69, 9.17) is 10.5 Å². The van der Waals surface area contributed by atoms with E-state index < -0.39 is 0 Å². The van der Waals surface area contributed by atoms with Crippen LogP contribution in [0.5, 0.6) is 5.88 Å². The summed E-state index contributed by atoms with van der Waals surface area (Å²) in [4.78, 5) is 8.43. The molecule has 100 valence electrons. The fourth-order valence-corrected chi connectivity index (χ4v) is 2.44. The monoisotopic (exact) mass is 249 g/mol. The normalized spacial score (nSPS) is 24.6. The molecule has 1 aliphatic carbocycles. The molecule has 18 heavy (non-hydrogen) atoms. The highest BCUT2D eigenvalue weighted by Gasteiger charge is 2.22. The van der Waals surface area contributed by atoms with Crippen LogP contribution in [0, 0.1) is 0 Å². The molecular weight excluding hydrogens is 226 g/mol. The van der Waals surface area contributed by atoms with Gasteiger partial charge in [0.25, 0.3) is 0 Å². The molecule has 0 saturated heterocycles. The maximum Gasteiger partial charge on any atom is 0.216 e. The molecule has 0 aromatic carbocycles. The topological polar surface area (TPSA) is 61.0 Å². The standard InChI is InChI=1S/C14H23N3O/c1-2-6-11-9-14(17-10-16-11)18-13-8-5-3-4-7-12(13)15/h9-10,12-13H,2-8,15H2,1H3. The third-order valence-electron chi connectivity index (χ3n) is 3.48. The highest BCUT2D eigenvalue weighted by molar-refractivity contribution is 5.14. The van der Waals surface area contributed by atoms with E-state index in [0.29, 0.717) is 5.88 Å². The van der Waals surface area contributed by atoms with Gasteiger partial charge in [0, 0.05) is 17.8 Å². The Balaban J connectivity index is 2.00. The zero-order valence-electron chi connectivity index (χ0n) is 11.1. The van der Waals surface area contributed by atoms with E-state index in [0.717, 1.165) is 31.4 Å². The molecule has 2 N–H and O–H groups in total. The van der Waals surface area contributed by atoms with Crippen molar-refractivity contribution >= 4 is 0 Å². The van der Waals surface area contributed by atoms with Gasteiger partial charge in [0.1, 0.15) is 12.4 Å². The van der Waals surface area contributed by atoms with Gasteiger partial charge in [-0.2, -0.15) is 0 Å². The second-order valence-electron chi connectivity index (χ2n) is 5.06. The molecule has 2 atom stereocenters. The molecule has 2 unspecified atom stereocenters. The Kier molecular flexibility index (Phi) is 4.93. The Bertz CT molecular complexity index is 370. The van der Waals surface area contributed by atoms with Crippen LogP contribution in [-0.4, -0.2) is 22.1 Å². The van der Waals surface area contributed by atoms with Gasteiger partial charge in [-0.1, -0.05) is 26.2 Å². The van der Waals surface area contributed by atoms with Gasteiger partial charge in [0.05, 0.1) is 0 Å². The predicted octanol–water partition coefficient (Wildman–Crippen LogP) is 2.47. The van der Waals surface area contributed by atoms with Crippen molar-refractivity contribution < 1.29 is 4.74 Å². The summed E-state index contributed by atoms with van der Waals surface area (Å²) < 4.78 is 5.96. The fourth-order valence-electron chi connectivity index (χ4n) is 2.44. The van der Waals surface area contributed by atoms with Gasteiger partial charge in [-0.15, -0.1) is 0 Å². The van der Waals surface area contributed by atoms with Crippen LogP contribution in [0.1, 0.15) is 51.1 Å². The average Bonchev–Trinajstić information content (AvgIpc) is 2.56. The molecule has 0 bridgehead atoms. The Morgan fingerprint density at radius 2 is 2.11 bits per heavy atom. The SMILES string of the molecule is CCCc1cc(OC2CCCCCC2N)ncn1. The van der Waals surface area contributed by atoms with Crippen LogP contribution in [0.4, 0.5) is 0 Å². The quantitative estimate of drug-likeness (QED) is 0.833. The molecule has 1 fully saturated rings. The predicted molar refractivity (Wildman–Crippen MR) is 71.5 cm³/mol. The summed E-state index contributed by atoms with van der Waals surface area (Å²) in [5.74, 6) is 0.677. The molecular formula is C14H23N3O. The summed E-state index contributed by atoms with van der Waals surface area (Å²) in [5, 5.41) is 0. The van der Waals surface area contributed by atoms with Gasteiger partial charge in [-0.3, -0.25) is 0 Å². The van der Waals surface area contributed by atoms with E-state index in [1.165, 1.54) is 19.3 Å². The first kappa shape index (κ1) is 13.3. The summed E-state index contributed by atoms with van der Waals surface area (Å²) in [7, 11) is 0. The highest BCUT2D eigenvalue weighted by Crippen LogP contribution is 2.21. The number of hydrogen-bond acceptors (Lipinski definition) is 4. The van der Waals surface area contributed by atoms with Crippen molar-refractivity contribution in [2.45, 2.75) is 64.0 Å². The summed E-state index contributed by atoms with van der Waals surface area (Å²) >= 11 is 0. The van der Waals surface area contributed by atoms with Crippen LogP contribution < -0.4 is 10.5 Å². The van der Waals surface area contributed by atoms with Gasteiger partial charge < -0.3 is 10.5 Å². The van der Waals surface area contributed by atoms with Crippen molar-refractivity contribution in [3.8, 4) is 5.88 Å². The number of nitrogens with two attached hydrogens (primary N) is 1. The number of rotatable bonds is 4. The Morgan fingerprint density at radius 3 is 2.94 bits per heavy atom. The first-order valence-electron chi connectivity index (χ1n) is 7.02. The minimum atomic E-state index is 0.108. The van der Waals surface area contributed by atoms with Crippen LogP contribution >= 0.6 is 0 Å². The van der Waals surface area contributed by atoms with Crippen molar-refractivity contribution in [3.63, 3.8) is 0 Å². The third-order valence-corrected chi connectivity index (χ3v) is 3.48. The summed E-state index contributed by atoms with van der Waals surface area (Å²) in [6.07, 6.45) is 9.51. The van der Waals surface area contributed by atoms with Gasteiger partial charge in [0.15, 0.2) is 0 Å². The number of nitrogens with zero attached hydrogens (tertiary/aromatic N) is 2. The van der Waals surface area contributed by atoms with Crippen LogP contribution in [0.2, 0.25) is 0 Å². The number of aryl methyl sites for hydroxylation is 1. The van der Waals surface area contributed by atoms with Gasteiger partial charge in [-0.05, 0) is 25.7 Å².